The summed E-state index contributed by atoms with van der Waals surface area (Å²) in [6.45, 7) is 8.95. The molecule has 0 radical (unpaired) electrons. The van der Waals surface area contributed by atoms with Crippen LogP contribution in [0.1, 0.15) is 43.7 Å². The van der Waals surface area contributed by atoms with E-state index in [0.717, 1.165) is 18.8 Å². The van der Waals surface area contributed by atoms with Gasteiger partial charge in [-0.2, -0.15) is 0 Å². The van der Waals surface area contributed by atoms with Gasteiger partial charge in [0.1, 0.15) is 5.75 Å². The van der Waals surface area contributed by atoms with Crippen molar-refractivity contribution in [2.24, 2.45) is 0 Å². The van der Waals surface area contributed by atoms with E-state index < -0.39 is 0 Å². The molecule has 0 amide bonds. The Hall–Kier alpha value is -1.02. The van der Waals surface area contributed by atoms with Crippen molar-refractivity contribution in [2.45, 2.75) is 46.0 Å². The maximum absolute atomic E-state index is 5.80. The van der Waals surface area contributed by atoms with Gasteiger partial charge in [0.15, 0.2) is 0 Å². The molecule has 0 N–H and O–H groups in total. The molecule has 106 valence electrons. The summed E-state index contributed by atoms with van der Waals surface area (Å²) in [6.07, 6.45) is 6.27. The first-order chi connectivity index (χ1) is 9.29. The molecule has 0 saturated carbocycles. The summed E-state index contributed by atoms with van der Waals surface area (Å²) in [5, 5.41) is 0. The molecule has 2 rings (SSSR count). The quantitative estimate of drug-likeness (QED) is 0.740. The van der Waals surface area contributed by atoms with Crippen molar-refractivity contribution in [3.8, 4) is 5.75 Å². The highest BCUT2D eigenvalue weighted by Gasteiger charge is 2.10. The number of ether oxygens (including phenoxy) is 1. The van der Waals surface area contributed by atoms with E-state index in [0.29, 0.717) is 0 Å². The lowest BCUT2D eigenvalue weighted by molar-refractivity contribution is 0.314. The molecule has 0 bridgehead atoms. The Morgan fingerprint density at radius 1 is 1.21 bits per heavy atom. The number of nitrogens with zero attached hydrogens (tertiary/aromatic N) is 1. The van der Waals surface area contributed by atoms with E-state index in [4.69, 9.17) is 4.74 Å². The minimum absolute atomic E-state index is 0.818. The lowest BCUT2D eigenvalue weighted by atomic mass is 10.1. The Morgan fingerprint density at radius 2 is 2.00 bits per heavy atom. The molecule has 0 unspecified atom stereocenters. The minimum atomic E-state index is 0.818. The standard InChI is InChI=1S/C17H27NO/c1-3-13-19-17-14-16(9-8-15(17)2)7-6-12-18-10-4-5-11-18/h8-9,14H,3-7,10-13H2,1-2H3. The fourth-order valence-electron chi connectivity index (χ4n) is 2.68. The van der Waals surface area contributed by atoms with Gasteiger partial charge in [0.05, 0.1) is 6.61 Å². The lowest BCUT2D eigenvalue weighted by Gasteiger charge is -2.14. The predicted molar refractivity (Wildman–Crippen MR) is 81.0 cm³/mol. The molecule has 19 heavy (non-hydrogen) atoms. The largest absolute Gasteiger partial charge is 0.493 e. The monoisotopic (exact) mass is 261 g/mol. The van der Waals surface area contributed by atoms with Crippen LogP contribution in [0.5, 0.6) is 5.75 Å². The van der Waals surface area contributed by atoms with Crippen LogP contribution >= 0.6 is 0 Å². The molecule has 1 saturated heterocycles. The summed E-state index contributed by atoms with van der Waals surface area (Å²) >= 11 is 0. The molecule has 2 nitrogen and oxygen atoms in total. The van der Waals surface area contributed by atoms with Crippen molar-refractivity contribution in [3.63, 3.8) is 0 Å². The first-order valence-corrected chi connectivity index (χ1v) is 7.74. The van der Waals surface area contributed by atoms with Gasteiger partial charge in [-0.1, -0.05) is 19.1 Å². The van der Waals surface area contributed by atoms with Crippen LogP contribution in [0.15, 0.2) is 18.2 Å². The molecule has 1 aromatic rings. The Balaban J connectivity index is 1.81. The third kappa shape index (κ3) is 4.54. The van der Waals surface area contributed by atoms with Crippen molar-refractivity contribution in [2.75, 3.05) is 26.2 Å². The molecule has 0 aromatic heterocycles. The molecule has 1 aromatic carbocycles. The van der Waals surface area contributed by atoms with Gasteiger partial charge in [-0.15, -0.1) is 0 Å². The Labute approximate surface area is 117 Å². The summed E-state index contributed by atoms with van der Waals surface area (Å²) in [7, 11) is 0. The number of hydrogen-bond acceptors (Lipinski definition) is 2. The molecule has 2 heteroatoms. The van der Waals surface area contributed by atoms with Crippen LogP contribution in [-0.2, 0) is 6.42 Å². The Bertz CT molecular complexity index is 383. The Kier molecular flexibility index (Phi) is 5.71. The third-order valence-corrected chi connectivity index (χ3v) is 3.85. The van der Waals surface area contributed by atoms with Gasteiger partial charge in [0.2, 0.25) is 0 Å². The second kappa shape index (κ2) is 7.54. The van der Waals surface area contributed by atoms with E-state index in [1.807, 2.05) is 0 Å². The highest BCUT2D eigenvalue weighted by atomic mass is 16.5. The number of hydrogen-bond donors (Lipinski definition) is 0. The van der Waals surface area contributed by atoms with E-state index in [1.54, 1.807) is 0 Å². The van der Waals surface area contributed by atoms with Gasteiger partial charge in [-0.05, 0) is 75.9 Å². The topological polar surface area (TPSA) is 12.5 Å². The zero-order chi connectivity index (χ0) is 13.5. The van der Waals surface area contributed by atoms with E-state index in [9.17, 15) is 0 Å². The molecular weight excluding hydrogens is 234 g/mol. The SMILES string of the molecule is CCCOc1cc(CCCN2CCCC2)ccc1C. The Morgan fingerprint density at radius 3 is 2.74 bits per heavy atom. The number of aryl methyl sites for hydroxylation is 2. The smallest absolute Gasteiger partial charge is 0.122 e. The van der Waals surface area contributed by atoms with Gasteiger partial charge in [0, 0.05) is 0 Å². The van der Waals surface area contributed by atoms with Gasteiger partial charge in [-0.25, -0.2) is 0 Å². The van der Waals surface area contributed by atoms with Crippen molar-refractivity contribution in [1.29, 1.82) is 0 Å². The van der Waals surface area contributed by atoms with Crippen LogP contribution in [0.3, 0.4) is 0 Å². The highest BCUT2D eigenvalue weighted by molar-refractivity contribution is 5.36. The van der Waals surface area contributed by atoms with Crippen LogP contribution in [-0.4, -0.2) is 31.1 Å². The van der Waals surface area contributed by atoms with Crippen LogP contribution in [0.4, 0.5) is 0 Å². The molecule has 0 spiro atoms. The highest BCUT2D eigenvalue weighted by Crippen LogP contribution is 2.21. The molecule has 0 aliphatic carbocycles. The molecule has 1 heterocycles. The van der Waals surface area contributed by atoms with Gasteiger partial charge in [-0.3, -0.25) is 0 Å². The second-order valence-electron chi connectivity index (χ2n) is 5.60. The first-order valence-electron chi connectivity index (χ1n) is 7.74. The summed E-state index contributed by atoms with van der Waals surface area (Å²) in [6, 6.07) is 6.67. The normalized spacial score (nSPS) is 15.9. The van der Waals surface area contributed by atoms with E-state index >= 15 is 0 Å². The van der Waals surface area contributed by atoms with Crippen molar-refractivity contribution in [3.05, 3.63) is 29.3 Å². The molecular formula is C17H27NO. The average molecular weight is 261 g/mol. The fraction of sp³-hybridized carbons (Fsp3) is 0.647. The summed E-state index contributed by atoms with van der Waals surface area (Å²) in [5.74, 6) is 1.07. The third-order valence-electron chi connectivity index (χ3n) is 3.85. The van der Waals surface area contributed by atoms with Crippen LogP contribution in [0, 0.1) is 6.92 Å². The molecule has 1 fully saturated rings. The van der Waals surface area contributed by atoms with E-state index in [1.165, 1.54) is 56.4 Å². The maximum atomic E-state index is 5.80. The van der Waals surface area contributed by atoms with Crippen molar-refractivity contribution in [1.82, 2.24) is 4.90 Å². The van der Waals surface area contributed by atoms with Crippen molar-refractivity contribution < 1.29 is 4.74 Å². The number of benzene rings is 1. The zero-order valence-electron chi connectivity index (χ0n) is 12.5. The van der Waals surface area contributed by atoms with Crippen LogP contribution < -0.4 is 4.74 Å². The number of likely N-dealkylation sites (tertiary alicyclic amines) is 1. The van der Waals surface area contributed by atoms with Gasteiger partial charge >= 0.3 is 0 Å². The minimum Gasteiger partial charge on any atom is -0.493 e. The van der Waals surface area contributed by atoms with Crippen molar-refractivity contribution >= 4 is 0 Å². The van der Waals surface area contributed by atoms with E-state index in [2.05, 4.69) is 36.9 Å². The summed E-state index contributed by atoms with van der Waals surface area (Å²) < 4.78 is 5.80. The van der Waals surface area contributed by atoms with Gasteiger partial charge < -0.3 is 9.64 Å². The first kappa shape index (κ1) is 14.4. The molecule has 0 atom stereocenters. The number of rotatable bonds is 7. The van der Waals surface area contributed by atoms with E-state index in [-0.39, 0.29) is 0 Å². The predicted octanol–water partition coefficient (Wildman–Crippen LogP) is 3.81. The maximum Gasteiger partial charge on any atom is 0.122 e. The van der Waals surface area contributed by atoms with Crippen LogP contribution in [0.25, 0.3) is 0 Å². The lowest BCUT2D eigenvalue weighted by Crippen LogP contribution is -2.20. The average Bonchev–Trinajstić information content (AvgIpc) is 2.92. The summed E-state index contributed by atoms with van der Waals surface area (Å²) in [4.78, 5) is 2.59. The second-order valence-corrected chi connectivity index (χ2v) is 5.60. The zero-order valence-corrected chi connectivity index (χ0v) is 12.5. The van der Waals surface area contributed by atoms with Crippen LogP contribution in [0.2, 0.25) is 0 Å². The summed E-state index contributed by atoms with van der Waals surface area (Å²) in [5.41, 5.74) is 2.66. The fourth-order valence-corrected chi connectivity index (χ4v) is 2.68. The molecule has 1 aliphatic rings. The van der Waals surface area contributed by atoms with Gasteiger partial charge in [0.25, 0.3) is 0 Å². The molecule has 1 aliphatic heterocycles.